The molecule has 1 aromatic rings. The molecule has 1 amide bonds. The van der Waals surface area contributed by atoms with Gasteiger partial charge in [0, 0.05) is 6.54 Å². The van der Waals surface area contributed by atoms with Crippen LogP contribution in [0.25, 0.3) is 0 Å². The Bertz CT molecular complexity index is 520. The van der Waals surface area contributed by atoms with Crippen LogP contribution < -0.4 is 0 Å². The molecule has 1 saturated carbocycles. The maximum absolute atomic E-state index is 12.6. The average molecular weight is 314 g/mol. The first kappa shape index (κ1) is 14.2. The molecule has 108 valence electrons. The molecule has 1 aromatic carbocycles. The van der Waals surface area contributed by atoms with E-state index in [1.807, 2.05) is 42.2 Å². The van der Waals surface area contributed by atoms with Crippen molar-refractivity contribution in [2.24, 2.45) is 5.41 Å². The largest absolute Gasteiger partial charge is 0.370 e. The van der Waals surface area contributed by atoms with Gasteiger partial charge in [-0.15, -0.1) is 23.2 Å². The number of carbonyl (C=O) groups is 1. The second-order valence-corrected chi connectivity index (χ2v) is 7.22. The summed E-state index contributed by atoms with van der Waals surface area (Å²) in [7, 11) is 0. The van der Waals surface area contributed by atoms with Gasteiger partial charge in [-0.3, -0.25) is 4.79 Å². The molecule has 1 heterocycles. The Kier molecular flexibility index (Phi) is 3.47. The molecule has 3 rings (SSSR count). The number of benzene rings is 1. The lowest BCUT2D eigenvalue weighted by Crippen LogP contribution is -2.46. The lowest BCUT2D eigenvalue weighted by atomic mass is 10.0. The number of hydrogen-bond donors (Lipinski definition) is 0. The van der Waals surface area contributed by atoms with E-state index >= 15 is 0 Å². The van der Waals surface area contributed by atoms with E-state index in [1.54, 1.807) is 0 Å². The van der Waals surface area contributed by atoms with Gasteiger partial charge in [-0.05, 0) is 18.9 Å². The molecule has 2 atom stereocenters. The van der Waals surface area contributed by atoms with E-state index in [9.17, 15) is 4.79 Å². The summed E-state index contributed by atoms with van der Waals surface area (Å²) in [4.78, 5) is 14.4. The van der Waals surface area contributed by atoms with Crippen LogP contribution >= 0.6 is 23.2 Å². The van der Waals surface area contributed by atoms with Crippen LogP contribution in [0.1, 0.15) is 25.0 Å². The molecular formula is C15H17Cl2NO2. The number of morpholine rings is 1. The number of nitrogens with zero attached hydrogens (tertiary/aromatic N) is 1. The van der Waals surface area contributed by atoms with Crippen molar-refractivity contribution in [2.75, 3.05) is 19.7 Å². The molecule has 0 N–H and O–H groups in total. The van der Waals surface area contributed by atoms with Crippen LogP contribution in [0.15, 0.2) is 30.3 Å². The van der Waals surface area contributed by atoms with Crippen molar-refractivity contribution in [2.45, 2.75) is 23.8 Å². The topological polar surface area (TPSA) is 29.5 Å². The van der Waals surface area contributed by atoms with E-state index in [4.69, 9.17) is 27.9 Å². The first-order valence-electron chi connectivity index (χ1n) is 6.78. The average Bonchev–Trinajstić information content (AvgIpc) is 2.99. The van der Waals surface area contributed by atoms with Crippen LogP contribution in [-0.2, 0) is 9.53 Å². The number of halogens is 2. The lowest BCUT2D eigenvalue weighted by molar-refractivity contribution is -0.144. The molecule has 3 nitrogen and oxygen atoms in total. The van der Waals surface area contributed by atoms with E-state index < -0.39 is 9.75 Å². The fourth-order valence-corrected chi connectivity index (χ4v) is 3.38. The van der Waals surface area contributed by atoms with Crippen molar-refractivity contribution < 1.29 is 9.53 Å². The van der Waals surface area contributed by atoms with Gasteiger partial charge in [0.15, 0.2) is 0 Å². The Morgan fingerprint density at radius 2 is 2.00 bits per heavy atom. The number of carbonyl (C=O) groups excluding carboxylic acids is 1. The summed E-state index contributed by atoms with van der Waals surface area (Å²) in [6.07, 6.45) is 0.450. The van der Waals surface area contributed by atoms with Gasteiger partial charge >= 0.3 is 0 Å². The molecular weight excluding hydrogens is 297 g/mol. The third kappa shape index (κ3) is 2.32. The number of ether oxygens (including phenoxy) is 1. The maximum Gasteiger partial charge on any atom is 0.231 e. The summed E-state index contributed by atoms with van der Waals surface area (Å²) < 4.78 is 4.86. The van der Waals surface area contributed by atoms with E-state index in [0.717, 1.165) is 5.56 Å². The zero-order chi connectivity index (χ0) is 14.4. The number of alkyl halides is 2. The summed E-state index contributed by atoms with van der Waals surface area (Å²) in [6.45, 7) is 3.53. The van der Waals surface area contributed by atoms with Gasteiger partial charge in [-0.2, -0.15) is 0 Å². The Morgan fingerprint density at radius 3 is 2.60 bits per heavy atom. The second-order valence-electron chi connectivity index (χ2n) is 5.73. The Morgan fingerprint density at radius 1 is 1.35 bits per heavy atom. The first-order chi connectivity index (χ1) is 9.44. The quantitative estimate of drug-likeness (QED) is 0.785. The Hall–Kier alpha value is -0.770. The molecule has 0 radical (unpaired) electrons. The summed E-state index contributed by atoms with van der Waals surface area (Å²) in [5.41, 5.74) is 0.447. The van der Waals surface area contributed by atoms with Crippen molar-refractivity contribution in [1.82, 2.24) is 4.90 Å². The highest BCUT2D eigenvalue weighted by Gasteiger charge is 2.68. The highest BCUT2D eigenvalue weighted by atomic mass is 35.5. The molecule has 1 aliphatic heterocycles. The molecule has 0 aromatic heterocycles. The normalized spacial score (nSPS) is 31.9. The molecule has 2 aliphatic rings. The minimum absolute atomic E-state index is 0.0340. The lowest BCUT2D eigenvalue weighted by Gasteiger charge is -2.35. The van der Waals surface area contributed by atoms with Gasteiger partial charge in [0.25, 0.3) is 0 Å². The summed E-state index contributed by atoms with van der Waals surface area (Å²) in [6, 6.07) is 9.96. The van der Waals surface area contributed by atoms with E-state index in [1.165, 1.54) is 0 Å². The van der Waals surface area contributed by atoms with Crippen LogP contribution in [0, 0.1) is 5.41 Å². The van der Waals surface area contributed by atoms with E-state index in [-0.39, 0.29) is 12.0 Å². The van der Waals surface area contributed by atoms with Crippen molar-refractivity contribution in [3.05, 3.63) is 35.9 Å². The minimum atomic E-state index is -0.912. The SMILES string of the molecule is C[C@]1(C(=O)N2CCO[C@@H](c3ccccc3)C2)CC1(Cl)Cl. The van der Waals surface area contributed by atoms with Gasteiger partial charge < -0.3 is 9.64 Å². The first-order valence-corrected chi connectivity index (χ1v) is 7.53. The summed E-state index contributed by atoms with van der Waals surface area (Å²) >= 11 is 12.2. The Balaban J connectivity index is 1.72. The highest BCUT2D eigenvalue weighted by molar-refractivity contribution is 6.53. The van der Waals surface area contributed by atoms with Crippen LogP contribution in [0.2, 0.25) is 0 Å². The molecule has 0 spiro atoms. The van der Waals surface area contributed by atoms with Crippen LogP contribution in [0.3, 0.4) is 0 Å². The molecule has 2 fully saturated rings. The van der Waals surface area contributed by atoms with Crippen LogP contribution in [-0.4, -0.2) is 34.8 Å². The van der Waals surface area contributed by atoms with Crippen molar-refractivity contribution >= 4 is 29.1 Å². The fraction of sp³-hybridized carbons (Fsp3) is 0.533. The van der Waals surface area contributed by atoms with Gasteiger partial charge in [0.05, 0.1) is 18.6 Å². The third-order valence-corrected chi connectivity index (χ3v) is 5.36. The molecule has 0 bridgehead atoms. The predicted molar refractivity (Wildman–Crippen MR) is 78.9 cm³/mol. The fourth-order valence-electron chi connectivity index (χ4n) is 2.68. The monoisotopic (exact) mass is 313 g/mol. The second kappa shape index (κ2) is 4.90. The van der Waals surface area contributed by atoms with E-state index in [0.29, 0.717) is 26.1 Å². The Labute approximate surface area is 128 Å². The maximum atomic E-state index is 12.6. The summed E-state index contributed by atoms with van der Waals surface area (Å²) in [5, 5.41) is 0. The van der Waals surface area contributed by atoms with Crippen molar-refractivity contribution in [1.29, 1.82) is 0 Å². The predicted octanol–water partition coefficient (Wildman–Crippen LogP) is 3.17. The number of hydrogen-bond acceptors (Lipinski definition) is 2. The highest BCUT2D eigenvalue weighted by Crippen LogP contribution is 2.64. The number of rotatable bonds is 2. The van der Waals surface area contributed by atoms with Crippen LogP contribution in [0.5, 0.6) is 0 Å². The summed E-state index contributed by atoms with van der Waals surface area (Å²) in [5.74, 6) is 0.0340. The zero-order valence-corrected chi connectivity index (χ0v) is 12.8. The van der Waals surface area contributed by atoms with Gasteiger partial charge in [-0.1, -0.05) is 30.3 Å². The standard InChI is InChI=1S/C15H17Cl2NO2/c1-14(10-15(14,16)17)13(19)18-7-8-20-12(9-18)11-5-3-2-4-6-11/h2-6,12H,7-10H2,1H3/t12-,14-/m1/s1. The van der Waals surface area contributed by atoms with E-state index in [2.05, 4.69) is 0 Å². The number of amides is 1. The van der Waals surface area contributed by atoms with Gasteiger partial charge in [0.2, 0.25) is 5.91 Å². The third-order valence-electron chi connectivity index (χ3n) is 4.25. The van der Waals surface area contributed by atoms with Crippen molar-refractivity contribution in [3.8, 4) is 0 Å². The molecule has 1 aliphatic carbocycles. The molecule has 5 heteroatoms. The molecule has 20 heavy (non-hydrogen) atoms. The van der Waals surface area contributed by atoms with Gasteiger partial charge in [0.1, 0.15) is 10.4 Å². The smallest absolute Gasteiger partial charge is 0.231 e. The minimum Gasteiger partial charge on any atom is -0.370 e. The van der Waals surface area contributed by atoms with Crippen LogP contribution in [0.4, 0.5) is 0 Å². The zero-order valence-electron chi connectivity index (χ0n) is 11.3. The molecule has 0 unspecified atom stereocenters. The van der Waals surface area contributed by atoms with Gasteiger partial charge in [-0.25, -0.2) is 0 Å². The molecule has 1 saturated heterocycles. The van der Waals surface area contributed by atoms with Crippen molar-refractivity contribution in [3.63, 3.8) is 0 Å².